The van der Waals surface area contributed by atoms with E-state index in [-0.39, 0.29) is 23.3 Å². The predicted molar refractivity (Wildman–Crippen MR) is 154 cm³/mol. The van der Waals surface area contributed by atoms with Crippen LogP contribution < -0.4 is 5.32 Å². The van der Waals surface area contributed by atoms with Crippen molar-refractivity contribution in [3.63, 3.8) is 0 Å². The third-order valence-corrected chi connectivity index (χ3v) is 11.1. The minimum absolute atomic E-state index is 0.0686. The van der Waals surface area contributed by atoms with Crippen LogP contribution in [0.1, 0.15) is 70.8 Å². The second-order valence-electron chi connectivity index (χ2n) is 12.8. The number of allylic oxidation sites excluding steroid dienone is 2. The summed E-state index contributed by atoms with van der Waals surface area (Å²) in [5.41, 5.74) is 3.78. The highest BCUT2D eigenvalue weighted by Gasteiger charge is 2.63. The molecule has 0 saturated heterocycles. The van der Waals surface area contributed by atoms with Crippen LogP contribution in [0.2, 0.25) is 0 Å². The number of nitrogens with zero attached hydrogens (tertiary/aromatic N) is 1. The lowest BCUT2D eigenvalue weighted by Crippen LogP contribution is -2.54. The van der Waals surface area contributed by atoms with Crippen LogP contribution in [-0.2, 0) is 16.1 Å². The lowest BCUT2D eigenvalue weighted by molar-refractivity contribution is -0.125. The zero-order valence-corrected chi connectivity index (χ0v) is 23.3. The van der Waals surface area contributed by atoms with Gasteiger partial charge in [-0.1, -0.05) is 48.7 Å². The van der Waals surface area contributed by atoms with Gasteiger partial charge in [0.05, 0.1) is 5.71 Å². The molecule has 2 aromatic rings. The van der Waals surface area contributed by atoms with E-state index in [2.05, 4.69) is 53.4 Å². The standard InChI is InChI=1S/C33H41N3O3/c1-4-33(38)17-13-28-26-10-9-23-19-24(11-15-31(23,2)27(26)12-16-32(28,33)3)36-39-21-30(37)34-18-14-22-20-35-29-8-6-5-7-25(22)29/h1,5-8,19-20,26-28,35,38H,9-18,21H2,2-3H3,(H,34,37)/t26?,27?,28?,31-,32-,33+/m0/s1. The van der Waals surface area contributed by atoms with Gasteiger partial charge < -0.3 is 20.2 Å². The Morgan fingerprint density at radius 2 is 2.00 bits per heavy atom. The largest absolute Gasteiger partial charge is 0.385 e. The van der Waals surface area contributed by atoms with Crippen LogP contribution in [0.25, 0.3) is 10.9 Å². The highest BCUT2D eigenvalue weighted by molar-refractivity contribution is 5.96. The van der Waals surface area contributed by atoms with Crippen molar-refractivity contribution in [3.05, 3.63) is 47.7 Å². The molecule has 0 spiro atoms. The number of aromatic amines is 1. The van der Waals surface area contributed by atoms with Crippen molar-refractivity contribution in [3.8, 4) is 12.3 Å². The van der Waals surface area contributed by atoms with Gasteiger partial charge in [-0.25, -0.2) is 0 Å². The molecule has 3 N–H and O–H groups in total. The van der Waals surface area contributed by atoms with E-state index in [4.69, 9.17) is 11.3 Å². The molecule has 6 atom stereocenters. The van der Waals surface area contributed by atoms with Crippen LogP contribution in [0.15, 0.2) is 47.3 Å². The second kappa shape index (κ2) is 9.86. The van der Waals surface area contributed by atoms with E-state index >= 15 is 0 Å². The maximum atomic E-state index is 12.3. The smallest absolute Gasteiger partial charge is 0.260 e. The topological polar surface area (TPSA) is 86.7 Å². The van der Waals surface area contributed by atoms with Gasteiger partial charge in [0.1, 0.15) is 5.60 Å². The minimum Gasteiger partial charge on any atom is -0.385 e. The lowest BCUT2D eigenvalue weighted by atomic mass is 9.46. The number of amides is 1. The van der Waals surface area contributed by atoms with E-state index in [0.717, 1.165) is 69.0 Å². The zero-order valence-electron chi connectivity index (χ0n) is 23.3. The Balaban J connectivity index is 1.03. The monoisotopic (exact) mass is 527 g/mol. The van der Waals surface area contributed by atoms with Crippen LogP contribution >= 0.6 is 0 Å². The zero-order chi connectivity index (χ0) is 27.3. The van der Waals surface area contributed by atoms with E-state index in [1.807, 2.05) is 18.3 Å². The number of nitrogens with one attached hydrogen (secondary N) is 2. The SMILES string of the molecule is C#C[C@@]1(O)CCC2C3CCC4=CC(=NOCC(=O)NCCc5c[nH]c6ccccc56)CC[C@]4(C)C3CC[C@@]21C. The van der Waals surface area contributed by atoms with Crippen molar-refractivity contribution in [2.75, 3.05) is 13.2 Å². The summed E-state index contributed by atoms with van der Waals surface area (Å²) in [5, 5.41) is 19.7. The minimum atomic E-state index is -0.952. The molecular weight excluding hydrogens is 486 g/mol. The number of carbonyl (C=O) groups is 1. The van der Waals surface area contributed by atoms with Crippen LogP contribution in [-0.4, -0.2) is 40.5 Å². The van der Waals surface area contributed by atoms with E-state index in [9.17, 15) is 9.90 Å². The molecule has 206 valence electrons. The molecule has 1 heterocycles. The van der Waals surface area contributed by atoms with Crippen molar-refractivity contribution in [2.45, 2.75) is 77.2 Å². The number of aliphatic hydroxyl groups is 1. The maximum Gasteiger partial charge on any atom is 0.260 e. The normalized spacial score (nSPS) is 36.4. The molecule has 39 heavy (non-hydrogen) atoms. The molecule has 6 heteroatoms. The number of hydrogen-bond acceptors (Lipinski definition) is 4. The van der Waals surface area contributed by atoms with Crippen molar-refractivity contribution in [1.82, 2.24) is 10.3 Å². The molecule has 6 nitrogen and oxygen atoms in total. The van der Waals surface area contributed by atoms with Gasteiger partial charge in [0, 0.05) is 29.1 Å². The van der Waals surface area contributed by atoms with E-state index in [1.54, 1.807) is 0 Å². The Bertz CT molecular complexity index is 1370. The number of terminal acetylenes is 1. The van der Waals surface area contributed by atoms with E-state index in [0.29, 0.717) is 24.3 Å². The second-order valence-corrected chi connectivity index (χ2v) is 12.8. The van der Waals surface area contributed by atoms with Crippen LogP contribution in [0.5, 0.6) is 0 Å². The Hall–Kier alpha value is -3.04. The average Bonchev–Trinajstić information content (AvgIpc) is 3.47. The van der Waals surface area contributed by atoms with Gasteiger partial charge in [0.2, 0.25) is 0 Å². The third kappa shape index (κ3) is 4.30. The van der Waals surface area contributed by atoms with E-state index < -0.39 is 5.60 Å². The first-order valence-corrected chi connectivity index (χ1v) is 14.7. The quantitative estimate of drug-likeness (QED) is 0.341. The number of oxime groups is 1. The summed E-state index contributed by atoms with van der Waals surface area (Å²) < 4.78 is 0. The van der Waals surface area contributed by atoms with E-state index in [1.165, 1.54) is 16.5 Å². The summed E-state index contributed by atoms with van der Waals surface area (Å²) in [6.45, 7) is 5.18. The summed E-state index contributed by atoms with van der Waals surface area (Å²) in [7, 11) is 0. The number of carbonyl (C=O) groups excluding carboxylic acids is 1. The molecule has 0 radical (unpaired) electrons. The number of para-hydroxylation sites is 1. The molecule has 0 aliphatic heterocycles. The molecule has 6 rings (SSSR count). The van der Waals surface area contributed by atoms with Gasteiger partial charge in [-0.3, -0.25) is 4.79 Å². The number of benzene rings is 1. The first-order chi connectivity index (χ1) is 18.8. The molecular formula is C33H41N3O3. The van der Waals surface area contributed by atoms with Crippen LogP contribution in [0, 0.1) is 40.9 Å². The van der Waals surface area contributed by atoms with Crippen molar-refractivity contribution in [2.24, 2.45) is 33.7 Å². The van der Waals surface area contributed by atoms with Crippen LogP contribution in [0.4, 0.5) is 0 Å². The Morgan fingerprint density at radius 1 is 1.18 bits per heavy atom. The molecule has 1 aromatic heterocycles. The van der Waals surface area contributed by atoms with Crippen molar-refractivity contribution in [1.29, 1.82) is 0 Å². The number of H-pyrrole nitrogens is 1. The fourth-order valence-corrected chi connectivity index (χ4v) is 8.80. The summed E-state index contributed by atoms with van der Waals surface area (Å²) in [4.78, 5) is 21.1. The number of rotatable bonds is 6. The Labute approximate surface area is 231 Å². The summed E-state index contributed by atoms with van der Waals surface area (Å²) in [6, 6.07) is 8.19. The van der Waals surface area contributed by atoms with Crippen molar-refractivity contribution < 1.29 is 14.7 Å². The van der Waals surface area contributed by atoms with Crippen molar-refractivity contribution >= 4 is 22.5 Å². The number of fused-ring (bicyclic) bond motifs is 6. The number of hydrogen-bond donors (Lipinski definition) is 3. The van der Waals surface area contributed by atoms with Gasteiger partial charge in [-0.15, -0.1) is 6.42 Å². The molecule has 0 bridgehead atoms. The fourth-order valence-electron chi connectivity index (χ4n) is 8.80. The van der Waals surface area contributed by atoms with Gasteiger partial charge >= 0.3 is 0 Å². The number of aromatic nitrogens is 1. The Kier molecular flexibility index (Phi) is 6.62. The maximum absolute atomic E-state index is 12.3. The van der Waals surface area contributed by atoms with Gasteiger partial charge in [0.15, 0.2) is 6.61 Å². The highest BCUT2D eigenvalue weighted by atomic mass is 16.6. The molecule has 3 saturated carbocycles. The first kappa shape index (κ1) is 26.2. The molecule has 3 unspecified atom stereocenters. The molecule has 3 fully saturated rings. The van der Waals surface area contributed by atoms with Gasteiger partial charge in [0.25, 0.3) is 5.91 Å². The molecule has 1 aromatic carbocycles. The van der Waals surface area contributed by atoms with Gasteiger partial charge in [-0.2, -0.15) is 0 Å². The molecule has 4 aliphatic rings. The molecule has 1 amide bonds. The summed E-state index contributed by atoms with van der Waals surface area (Å²) in [6.07, 6.45) is 18.9. The summed E-state index contributed by atoms with van der Waals surface area (Å²) >= 11 is 0. The predicted octanol–water partition coefficient (Wildman–Crippen LogP) is 5.53. The van der Waals surface area contributed by atoms with Crippen LogP contribution in [0.3, 0.4) is 0 Å². The summed E-state index contributed by atoms with van der Waals surface area (Å²) in [5.74, 6) is 4.38. The average molecular weight is 528 g/mol. The third-order valence-electron chi connectivity index (χ3n) is 11.1. The van der Waals surface area contributed by atoms with Gasteiger partial charge in [-0.05, 0) is 98.7 Å². The molecule has 4 aliphatic carbocycles. The lowest BCUT2D eigenvalue weighted by Gasteiger charge is -2.58. The fraction of sp³-hybridized carbons (Fsp3) is 0.576. The Morgan fingerprint density at radius 3 is 2.85 bits per heavy atom. The first-order valence-electron chi connectivity index (χ1n) is 14.7. The highest BCUT2D eigenvalue weighted by Crippen LogP contribution is 2.67.